The summed E-state index contributed by atoms with van der Waals surface area (Å²) in [6.45, 7) is 1.81. The second-order valence-electron chi connectivity index (χ2n) is 5.24. The van der Waals surface area contributed by atoms with Crippen LogP contribution in [0.3, 0.4) is 0 Å². The van der Waals surface area contributed by atoms with Crippen LogP contribution in [0.1, 0.15) is 5.56 Å². The van der Waals surface area contributed by atoms with Crippen LogP contribution >= 0.6 is 23.8 Å². The molecule has 0 saturated heterocycles. The predicted molar refractivity (Wildman–Crippen MR) is 96.8 cm³/mol. The van der Waals surface area contributed by atoms with Gasteiger partial charge >= 0.3 is 0 Å². The molecule has 0 amide bonds. The average Bonchev–Trinajstić information content (AvgIpc) is 2.58. The molecular formula is C17H16ClFN2O2S. The van der Waals surface area contributed by atoms with Crippen LogP contribution in [0.2, 0.25) is 5.02 Å². The molecule has 7 heteroatoms. The third-order valence-corrected chi connectivity index (χ3v) is 4.02. The van der Waals surface area contributed by atoms with Gasteiger partial charge in [-0.05, 0) is 54.5 Å². The van der Waals surface area contributed by atoms with E-state index in [0.717, 1.165) is 23.5 Å². The van der Waals surface area contributed by atoms with E-state index in [0.29, 0.717) is 30.6 Å². The predicted octanol–water partition coefficient (Wildman–Crippen LogP) is 3.78. The Morgan fingerprint density at radius 2 is 1.92 bits per heavy atom. The Kier molecular flexibility index (Phi) is 5.37. The number of benzene rings is 2. The first-order valence-corrected chi connectivity index (χ1v) is 8.29. The van der Waals surface area contributed by atoms with Crippen molar-refractivity contribution < 1.29 is 13.9 Å². The Morgan fingerprint density at radius 1 is 1.12 bits per heavy atom. The van der Waals surface area contributed by atoms with Gasteiger partial charge in [-0.3, -0.25) is 0 Å². The molecule has 24 heavy (non-hydrogen) atoms. The second-order valence-corrected chi connectivity index (χ2v) is 6.05. The summed E-state index contributed by atoms with van der Waals surface area (Å²) in [6.07, 6.45) is 0.780. The smallest absolute Gasteiger partial charge is 0.170 e. The fourth-order valence-corrected chi connectivity index (χ4v) is 2.71. The molecule has 2 N–H and O–H groups in total. The van der Waals surface area contributed by atoms with Crippen molar-refractivity contribution in [2.45, 2.75) is 6.42 Å². The van der Waals surface area contributed by atoms with Gasteiger partial charge in [-0.25, -0.2) is 4.39 Å². The van der Waals surface area contributed by atoms with Crippen LogP contribution in [0.4, 0.5) is 10.1 Å². The Balaban J connectivity index is 1.49. The molecule has 0 aliphatic carbocycles. The maximum atomic E-state index is 13.1. The number of hydrogen-bond donors (Lipinski definition) is 2. The van der Waals surface area contributed by atoms with Crippen molar-refractivity contribution in [2.75, 3.05) is 25.1 Å². The minimum atomic E-state index is -0.459. The maximum Gasteiger partial charge on any atom is 0.170 e. The quantitative estimate of drug-likeness (QED) is 0.806. The number of rotatable bonds is 4. The van der Waals surface area contributed by atoms with Crippen LogP contribution in [0.25, 0.3) is 0 Å². The lowest BCUT2D eigenvalue weighted by molar-refractivity contribution is 0.171. The lowest BCUT2D eigenvalue weighted by Crippen LogP contribution is -2.30. The fraction of sp³-hybridized carbons (Fsp3) is 0.235. The van der Waals surface area contributed by atoms with Gasteiger partial charge in [0.15, 0.2) is 16.6 Å². The van der Waals surface area contributed by atoms with Gasteiger partial charge in [0.05, 0.1) is 5.02 Å². The van der Waals surface area contributed by atoms with Crippen molar-refractivity contribution in [1.29, 1.82) is 0 Å². The van der Waals surface area contributed by atoms with E-state index in [1.807, 2.05) is 18.2 Å². The summed E-state index contributed by atoms with van der Waals surface area (Å²) in [4.78, 5) is 0. The van der Waals surface area contributed by atoms with Crippen LogP contribution < -0.4 is 20.1 Å². The highest BCUT2D eigenvalue weighted by Crippen LogP contribution is 2.30. The molecule has 0 aromatic heterocycles. The van der Waals surface area contributed by atoms with Crippen molar-refractivity contribution in [3.05, 3.63) is 52.8 Å². The first-order valence-electron chi connectivity index (χ1n) is 7.50. The lowest BCUT2D eigenvalue weighted by atomic mass is 10.1. The van der Waals surface area contributed by atoms with Crippen molar-refractivity contribution in [1.82, 2.24) is 5.32 Å². The molecule has 2 aromatic rings. The minimum absolute atomic E-state index is 0.0547. The van der Waals surface area contributed by atoms with Crippen LogP contribution in [-0.4, -0.2) is 24.9 Å². The molecule has 0 fully saturated rings. The molecule has 1 aliphatic heterocycles. The Labute approximate surface area is 149 Å². The van der Waals surface area contributed by atoms with Gasteiger partial charge in [0, 0.05) is 12.2 Å². The number of hydrogen-bond acceptors (Lipinski definition) is 3. The zero-order valence-electron chi connectivity index (χ0n) is 12.8. The maximum absolute atomic E-state index is 13.1. The lowest BCUT2D eigenvalue weighted by Gasteiger charge is -2.19. The van der Waals surface area contributed by atoms with E-state index in [9.17, 15) is 4.39 Å². The molecule has 0 radical (unpaired) electrons. The zero-order chi connectivity index (χ0) is 16.9. The molecule has 1 aliphatic rings. The molecule has 1 heterocycles. The molecule has 126 valence electrons. The molecular weight excluding hydrogens is 351 g/mol. The van der Waals surface area contributed by atoms with E-state index in [-0.39, 0.29) is 5.02 Å². The summed E-state index contributed by atoms with van der Waals surface area (Å²) in [5.41, 5.74) is 1.76. The molecule has 0 spiro atoms. The van der Waals surface area contributed by atoms with Crippen molar-refractivity contribution in [2.24, 2.45) is 0 Å². The third kappa shape index (κ3) is 4.27. The number of thiocarbonyl (C=S) groups is 1. The fourth-order valence-electron chi connectivity index (χ4n) is 2.31. The SMILES string of the molecule is Fc1ccc(NC(=S)NCCc2ccc3c(c2)OCCO3)cc1Cl. The second kappa shape index (κ2) is 7.68. The minimum Gasteiger partial charge on any atom is -0.486 e. The third-order valence-electron chi connectivity index (χ3n) is 3.48. The number of anilines is 1. The van der Waals surface area contributed by atoms with Crippen LogP contribution in [0.5, 0.6) is 11.5 Å². The van der Waals surface area contributed by atoms with Crippen molar-refractivity contribution in [3.8, 4) is 11.5 Å². The topological polar surface area (TPSA) is 42.5 Å². The first kappa shape index (κ1) is 16.8. The highest BCUT2D eigenvalue weighted by molar-refractivity contribution is 7.80. The van der Waals surface area contributed by atoms with Crippen molar-refractivity contribution >= 4 is 34.6 Å². The van der Waals surface area contributed by atoms with Gasteiger partial charge in [-0.2, -0.15) is 0 Å². The van der Waals surface area contributed by atoms with Gasteiger partial charge in [-0.15, -0.1) is 0 Å². The summed E-state index contributed by atoms with van der Waals surface area (Å²) in [6, 6.07) is 10.3. The molecule has 4 nitrogen and oxygen atoms in total. The Hall–Kier alpha value is -2.05. The number of halogens is 2. The van der Waals surface area contributed by atoms with Crippen molar-refractivity contribution in [3.63, 3.8) is 0 Å². The number of fused-ring (bicyclic) bond motifs is 1. The monoisotopic (exact) mass is 366 g/mol. The van der Waals surface area contributed by atoms with Gasteiger partial charge in [0.1, 0.15) is 19.0 Å². The summed E-state index contributed by atoms with van der Waals surface area (Å²) < 4.78 is 24.2. The summed E-state index contributed by atoms with van der Waals surface area (Å²) in [7, 11) is 0. The van der Waals surface area contributed by atoms with E-state index in [2.05, 4.69) is 10.6 Å². The van der Waals surface area contributed by atoms with Gasteiger partial charge in [-0.1, -0.05) is 17.7 Å². The molecule has 0 saturated carbocycles. The van der Waals surface area contributed by atoms with Gasteiger partial charge < -0.3 is 20.1 Å². The molecule has 0 unspecified atom stereocenters. The standard InChI is InChI=1S/C17H16ClFN2O2S/c18-13-10-12(2-3-14(13)19)21-17(24)20-6-5-11-1-4-15-16(9-11)23-8-7-22-15/h1-4,9-10H,5-8H2,(H2,20,21,24). The van der Waals surface area contributed by atoms with E-state index in [1.54, 1.807) is 6.07 Å². The summed E-state index contributed by atoms with van der Waals surface area (Å²) >= 11 is 11.0. The summed E-state index contributed by atoms with van der Waals surface area (Å²) in [5.74, 6) is 1.10. The first-order chi connectivity index (χ1) is 11.6. The normalized spacial score (nSPS) is 12.6. The Morgan fingerprint density at radius 3 is 2.71 bits per heavy atom. The highest BCUT2D eigenvalue weighted by Gasteiger charge is 2.11. The van der Waals surface area contributed by atoms with E-state index in [4.69, 9.17) is 33.3 Å². The summed E-state index contributed by atoms with van der Waals surface area (Å²) in [5, 5.41) is 6.58. The number of nitrogens with one attached hydrogen (secondary N) is 2. The van der Waals surface area contributed by atoms with Gasteiger partial charge in [0.2, 0.25) is 0 Å². The zero-order valence-corrected chi connectivity index (χ0v) is 14.3. The molecule has 0 bridgehead atoms. The average molecular weight is 367 g/mol. The van der Waals surface area contributed by atoms with Crippen LogP contribution in [0.15, 0.2) is 36.4 Å². The Bertz CT molecular complexity index is 757. The van der Waals surface area contributed by atoms with Crippen LogP contribution in [0, 0.1) is 5.82 Å². The van der Waals surface area contributed by atoms with E-state index < -0.39 is 5.82 Å². The molecule has 3 rings (SSSR count). The number of ether oxygens (including phenoxy) is 2. The van der Waals surface area contributed by atoms with E-state index in [1.165, 1.54) is 12.1 Å². The largest absolute Gasteiger partial charge is 0.486 e. The highest BCUT2D eigenvalue weighted by atomic mass is 35.5. The van der Waals surface area contributed by atoms with E-state index >= 15 is 0 Å². The molecule has 2 aromatic carbocycles. The van der Waals surface area contributed by atoms with Gasteiger partial charge in [0.25, 0.3) is 0 Å². The molecule has 0 atom stereocenters. The van der Waals surface area contributed by atoms with Crippen LogP contribution in [-0.2, 0) is 6.42 Å².